The quantitative estimate of drug-likeness (QED) is 0.377. The molecule has 0 spiro atoms. The molecule has 4 N–H and O–H groups in total. The van der Waals surface area contributed by atoms with Gasteiger partial charge in [0, 0.05) is 13.2 Å². The number of aliphatic hydroxyl groups excluding tert-OH is 1. The van der Waals surface area contributed by atoms with Crippen LogP contribution in [0, 0.1) is 5.92 Å². The molecule has 0 aromatic rings. The van der Waals surface area contributed by atoms with Crippen molar-refractivity contribution >= 4 is 11.9 Å². The lowest BCUT2D eigenvalue weighted by Crippen LogP contribution is -2.48. The Morgan fingerprint density at radius 2 is 2.13 bits per heavy atom. The molecule has 0 fully saturated rings. The average molecular weight is 218 g/mol. The van der Waals surface area contributed by atoms with E-state index < -0.39 is 17.9 Å². The van der Waals surface area contributed by atoms with Crippen LogP contribution in [0.3, 0.4) is 0 Å². The molecule has 15 heavy (non-hydrogen) atoms. The van der Waals surface area contributed by atoms with Crippen molar-refractivity contribution < 1.29 is 19.4 Å². The van der Waals surface area contributed by atoms with Crippen LogP contribution < -0.4 is 11.1 Å². The molecule has 0 saturated carbocycles. The molecular weight excluding hydrogens is 200 g/mol. The van der Waals surface area contributed by atoms with E-state index in [0.717, 1.165) is 0 Å². The van der Waals surface area contributed by atoms with Crippen LogP contribution in [0.4, 0.5) is 0 Å². The van der Waals surface area contributed by atoms with Crippen molar-refractivity contribution in [3.8, 4) is 0 Å². The summed E-state index contributed by atoms with van der Waals surface area (Å²) in [5.74, 6) is -1.40. The Morgan fingerprint density at radius 1 is 1.53 bits per heavy atom. The molecule has 1 amide bonds. The van der Waals surface area contributed by atoms with E-state index in [1.807, 2.05) is 0 Å². The predicted octanol–water partition coefficient (Wildman–Crippen LogP) is -1.38. The topological polar surface area (TPSA) is 102 Å². The molecule has 0 heterocycles. The number of nitrogens with two attached hydrogens (primary N) is 1. The Labute approximate surface area is 88.8 Å². The van der Waals surface area contributed by atoms with Gasteiger partial charge in [-0.1, -0.05) is 6.92 Å². The molecule has 0 aromatic heterocycles. The first-order chi connectivity index (χ1) is 7.02. The fraction of sp³-hybridized carbons (Fsp3) is 0.778. The van der Waals surface area contributed by atoms with E-state index in [-0.39, 0.29) is 25.7 Å². The highest BCUT2D eigenvalue weighted by atomic mass is 16.5. The molecule has 2 atom stereocenters. The highest BCUT2D eigenvalue weighted by Crippen LogP contribution is 1.91. The smallest absolute Gasteiger partial charge is 0.332 e. The summed E-state index contributed by atoms with van der Waals surface area (Å²) in [4.78, 5) is 22.3. The summed E-state index contributed by atoms with van der Waals surface area (Å²) in [7, 11) is 0. The first-order valence-electron chi connectivity index (χ1n) is 4.83. The summed E-state index contributed by atoms with van der Waals surface area (Å²) in [5.41, 5.74) is 5.33. The Bertz CT molecular complexity index is 220. The van der Waals surface area contributed by atoms with E-state index in [2.05, 4.69) is 10.1 Å². The number of carbonyl (C=O) groups excluding carboxylic acids is 2. The monoisotopic (exact) mass is 218 g/mol. The molecule has 0 rings (SSSR count). The largest absolute Gasteiger partial charge is 0.464 e. The van der Waals surface area contributed by atoms with E-state index in [1.54, 1.807) is 13.8 Å². The Morgan fingerprint density at radius 3 is 2.60 bits per heavy atom. The molecule has 6 heteroatoms. The zero-order valence-electron chi connectivity index (χ0n) is 9.03. The third-order valence-corrected chi connectivity index (χ3v) is 1.76. The maximum atomic E-state index is 11.3. The number of hydrogen-bond acceptors (Lipinski definition) is 5. The highest BCUT2D eigenvalue weighted by molar-refractivity contribution is 6.01. The molecule has 0 radical (unpaired) electrons. The molecule has 0 aliphatic carbocycles. The van der Waals surface area contributed by atoms with Crippen LogP contribution in [0.15, 0.2) is 0 Å². The molecule has 0 bridgehead atoms. The SMILES string of the molecule is CCOC(=O)C(N)C(=O)NCC(C)CO. The minimum Gasteiger partial charge on any atom is -0.464 e. The molecule has 6 nitrogen and oxygen atoms in total. The van der Waals surface area contributed by atoms with E-state index in [9.17, 15) is 9.59 Å². The second kappa shape index (κ2) is 7.19. The van der Waals surface area contributed by atoms with Crippen molar-refractivity contribution in [2.45, 2.75) is 19.9 Å². The zero-order chi connectivity index (χ0) is 11.8. The van der Waals surface area contributed by atoms with Gasteiger partial charge in [-0.3, -0.25) is 4.79 Å². The van der Waals surface area contributed by atoms with Crippen LogP contribution in [0.1, 0.15) is 13.8 Å². The number of aliphatic hydroxyl groups is 1. The normalized spacial score (nSPS) is 14.1. The van der Waals surface area contributed by atoms with Gasteiger partial charge in [0.2, 0.25) is 5.91 Å². The molecular formula is C9H18N2O4. The fourth-order valence-corrected chi connectivity index (χ4v) is 0.788. The number of carbonyl (C=O) groups is 2. The van der Waals surface area contributed by atoms with Gasteiger partial charge in [-0.05, 0) is 12.8 Å². The highest BCUT2D eigenvalue weighted by Gasteiger charge is 2.23. The Kier molecular flexibility index (Phi) is 6.64. The first kappa shape index (κ1) is 13.9. The van der Waals surface area contributed by atoms with Gasteiger partial charge in [-0.15, -0.1) is 0 Å². The lowest BCUT2D eigenvalue weighted by atomic mass is 10.2. The van der Waals surface area contributed by atoms with Crippen LogP contribution in [0.2, 0.25) is 0 Å². The van der Waals surface area contributed by atoms with Crippen LogP contribution in [-0.4, -0.2) is 42.8 Å². The van der Waals surface area contributed by atoms with Crippen LogP contribution in [0.5, 0.6) is 0 Å². The van der Waals surface area contributed by atoms with Gasteiger partial charge in [0.1, 0.15) is 0 Å². The van der Waals surface area contributed by atoms with Gasteiger partial charge in [0.05, 0.1) is 6.61 Å². The van der Waals surface area contributed by atoms with Crippen LogP contribution >= 0.6 is 0 Å². The maximum Gasteiger partial charge on any atom is 0.332 e. The van der Waals surface area contributed by atoms with Crippen molar-refractivity contribution in [3.63, 3.8) is 0 Å². The Hall–Kier alpha value is -1.14. The van der Waals surface area contributed by atoms with Gasteiger partial charge in [0.15, 0.2) is 6.04 Å². The zero-order valence-corrected chi connectivity index (χ0v) is 9.03. The van der Waals surface area contributed by atoms with Gasteiger partial charge in [-0.2, -0.15) is 0 Å². The second-order valence-corrected chi connectivity index (χ2v) is 3.26. The lowest BCUT2D eigenvalue weighted by Gasteiger charge is -2.13. The molecule has 0 saturated heterocycles. The summed E-state index contributed by atoms with van der Waals surface area (Å²) in [6.45, 7) is 3.83. The summed E-state index contributed by atoms with van der Waals surface area (Å²) < 4.78 is 4.58. The Balaban J connectivity index is 3.93. The maximum absolute atomic E-state index is 11.3. The van der Waals surface area contributed by atoms with E-state index in [4.69, 9.17) is 10.8 Å². The van der Waals surface area contributed by atoms with Gasteiger partial charge in [0.25, 0.3) is 0 Å². The van der Waals surface area contributed by atoms with Crippen LogP contribution in [0.25, 0.3) is 0 Å². The minimum absolute atomic E-state index is 0.0328. The third kappa shape index (κ3) is 5.34. The van der Waals surface area contributed by atoms with Crippen LogP contribution in [-0.2, 0) is 14.3 Å². The standard InChI is InChI=1S/C9H18N2O4/c1-3-15-9(14)7(10)8(13)11-4-6(2)5-12/h6-7,12H,3-5,10H2,1-2H3,(H,11,13). The average Bonchev–Trinajstić information content (AvgIpc) is 2.24. The third-order valence-electron chi connectivity index (χ3n) is 1.76. The number of rotatable bonds is 6. The van der Waals surface area contributed by atoms with Gasteiger partial charge in [-0.25, -0.2) is 4.79 Å². The van der Waals surface area contributed by atoms with Gasteiger partial charge >= 0.3 is 5.97 Å². The minimum atomic E-state index is -1.30. The van der Waals surface area contributed by atoms with Crippen molar-refractivity contribution in [2.75, 3.05) is 19.8 Å². The summed E-state index contributed by atoms with van der Waals surface area (Å²) in [5, 5.41) is 11.2. The van der Waals surface area contributed by atoms with E-state index in [0.29, 0.717) is 0 Å². The lowest BCUT2D eigenvalue weighted by molar-refractivity contribution is -0.148. The van der Waals surface area contributed by atoms with Crippen molar-refractivity contribution in [3.05, 3.63) is 0 Å². The van der Waals surface area contributed by atoms with Crippen molar-refractivity contribution in [2.24, 2.45) is 11.7 Å². The van der Waals surface area contributed by atoms with E-state index in [1.165, 1.54) is 0 Å². The number of nitrogens with one attached hydrogen (secondary N) is 1. The van der Waals surface area contributed by atoms with Crippen molar-refractivity contribution in [1.82, 2.24) is 5.32 Å². The number of ether oxygens (including phenoxy) is 1. The fourth-order valence-electron chi connectivity index (χ4n) is 0.788. The number of hydrogen-bond donors (Lipinski definition) is 3. The molecule has 0 aromatic carbocycles. The molecule has 2 unspecified atom stereocenters. The number of amides is 1. The summed E-state index contributed by atoms with van der Waals surface area (Å²) >= 11 is 0. The first-order valence-corrected chi connectivity index (χ1v) is 4.83. The summed E-state index contributed by atoms with van der Waals surface area (Å²) in [6, 6.07) is -1.30. The summed E-state index contributed by atoms with van der Waals surface area (Å²) in [6.07, 6.45) is 0. The second-order valence-electron chi connectivity index (χ2n) is 3.26. The molecule has 0 aliphatic rings. The number of esters is 1. The predicted molar refractivity (Wildman–Crippen MR) is 53.9 cm³/mol. The van der Waals surface area contributed by atoms with Gasteiger partial charge < -0.3 is 20.9 Å². The van der Waals surface area contributed by atoms with E-state index >= 15 is 0 Å². The molecule has 88 valence electrons. The van der Waals surface area contributed by atoms with Crippen molar-refractivity contribution in [1.29, 1.82) is 0 Å². The molecule has 0 aliphatic heterocycles.